The summed E-state index contributed by atoms with van der Waals surface area (Å²) in [4.78, 5) is 18.7. The van der Waals surface area contributed by atoms with Gasteiger partial charge in [0.15, 0.2) is 15.0 Å². The molecule has 22 heavy (non-hydrogen) atoms. The average molecular weight is 335 g/mol. The van der Waals surface area contributed by atoms with Gasteiger partial charge in [-0.2, -0.15) is 5.26 Å². The van der Waals surface area contributed by atoms with Gasteiger partial charge in [0, 0.05) is 11.8 Å². The minimum Gasteiger partial charge on any atom is -0.300 e. The first-order valence-electron chi connectivity index (χ1n) is 6.19. The molecule has 0 aliphatic carbocycles. The number of hydrogen-bond donors (Lipinski definition) is 1. The first-order valence-corrected chi connectivity index (χ1v) is 9.48. The number of rotatable bonds is 4. The van der Waals surface area contributed by atoms with Crippen LogP contribution in [0, 0.1) is 11.3 Å². The smallest absolute Gasteiger partial charge is 0.270 e. The third kappa shape index (κ3) is 3.75. The van der Waals surface area contributed by atoms with Crippen molar-refractivity contribution in [3.05, 3.63) is 45.7 Å². The van der Waals surface area contributed by atoms with Crippen molar-refractivity contribution < 1.29 is 8.42 Å². The van der Waals surface area contributed by atoms with Gasteiger partial charge in [0.05, 0.1) is 11.4 Å². The van der Waals surface area contributed by atoms with Crippen molar-refractivity contribution in [3.8, 4) is 17.3 Å². The lowest BCUT2D eigenvalue weighted by atomic mass is 10.1. The fourth-order valence-electron chi connectivity index (χ4n) is 1.92. The van der Waals surface area contributed by atoms with E-state index in [1.54, 1.807) is 30.5 Å². The minimum absolute atomic E-state index is 0.0583. The second kappa shape index (κ2) is 6.34. The number of benzene rings is 1. The van der Waals surface area contributed by atoms with Crippen molar-refractivity contribution in [3.63, 3.8) is 0 Å². The Morgan fingerprint density at radius 3 is 2.45 bits per heavy atom. The summed E-state index contributed by atoms with van der Waals surface area (Å²) in [5.74, 6) is -0.0583. The number of hydrogen-bond acceptors (Lipinski definition) is 6. The first kappa shape index (κ1) is 16.3. The highest BCUT2D eigenvalue weighted by Crippen LogP contribution is 2.22. The van der Waals surface area contributed by atoms with E-state index in [1.165, 1.54) is 11.8 Å². The molecule has 1 heterocycles. The Morgan fingerprint density at radius 2 is 1.95 bits per heavy atom. The number of aromatic amines is 1. The third-order valence-corrected chi connectivity index (χ3v) is 4.30. The normalized spacial score (nSPS) is 11.1. The summed E-state index contributed by atoms with van der Waals surface area (Å²) in [5.41, 5.74) is 0.974. The quantitative estimate of drug-likeness (QED) is 0.672. The molecule has 0 bridgehead atoms. The van der Waals surface area contributed by atoms with Gasteiger partial charge in [0.2, 0.25) is 0 Å². The molecule has 0 saturated carbocycles. The van der Waals surface area contributed by atoms with Crippen LogP contribution < -0.4 is 5.56 Å². The standard InChI is InChI=1S/C14H13N3O3S2/c1-21-14-16-12(11(7-15)13(18)17-14)10-5-3-9(4-6-10)8-22(2,19)20/h3-6H,8H2,1-2H3,(H,16,17,18). The Kier molecular flexibility index (Phi) is 4.68. The topological polar surface area (TPSA) is 104 Å². The van der Waals surface area contributed by atoms with Gasteiger partial charge >= 0.3 is 0 Å². The van der Waals surface area contributed by atoms with Crippen LogP contribution in [0.15, 0.2) is 34.2 Å². The number of H-pyrrole nitrogens is 1. The van der Waals surface area contributed by atoms with Gasteiger partial charge in [-0.1, -0.05) is 36.0 Å². The summed E-state index contributed by atoms with van der Waals surface area (Å²) in [7, 11) is -3.11. The molecule has 1 N–H and O–H groups in total. The van der Waals surface area contributed by atoms with Gasteiger partial charge in [-0.3, -0.25) is 4.79 Å². The molecule has 114 valence electrons. The summed E-state index contributed by atoms with van der Waals surface area (Å²) in [5, 5.41) is 9.55. The van der Waals surface area contributed by atoms with Crippen LogP contribution in [-0.2, 0) is 15.6 Å². The van der Waals surface area contributed by atoms with Gasteiger partial charge in [-0.15, -0.1) is 0 Å². The molecule has 0 saturated heterocycles. The zero-order valence-corrected chi connectivity index (χ0v) is 13.6. The molecule has 0 aliphatic rings. The molecule has 0 radical (unpaired) electrons. The van der Waals surface area contributed by atoms with E-state index in [9.17, 15) is 13.2 Å². The molecule has 8 heteroatoms. The van der Waals surface area contributed by atoms with Crippen LogP contribution in [0.1, 0.15) is 11.1 Å². The first-order chi connectivity index (χ1) is 10.3. The zero-order chi connectivity index (χ0) is 16.3. The molecule has 0 aliphatic heterocycles. The van der Waals surface area contributed by atoms with Crippen LogP contribution in [0.3, 0.4) is 0 Å². The third-order valence-electron chi connectivity index (χ3n) is 2.86. The summed E-state index contributed by atoms with van der Waals surface area (Å²) < 4.78 is 22.6. The van der Waals surface area contributed by atoms with Gasteiger partial charge < -0.3 is 4.98 Å². The lowest BCUT2D eigenvalue weighted by Gasteiger charge is -2.06. The molecule has 0 amide bonds. The molecular formula is C14H13N3O3S2. The Labute approximate surface area is 132 Å². The predicted molar refractivity (Wildman–Crippen MR) is 85.3 cm³/mol. The van der Waals surface area contributed by atoms with E-state index in [4.69, 9.17) is 5.26 Å². The number of thioether (sulfide) groups is 1. The second-order valence-corrected chi connectivity index (χ2v) is 7.61. The lowest BCUT2D eigenvalue weighted by molar-refractivity contribution is 0.601. The SMILES string of the molecule is CSc1nc(-c2ccc(CS(C)(=O)=O)cc2)c(C#N)c(=O)[nH]1. The van der Waals surface area contributed by atoms with E-state index in [1.807, 2.05) is 6.07 Å². The molecule has 0 unspecified atom stereocenters. The molecule has 1 aromatic heterocycles. The van der Waals surface area contributed by atoms with Crippen LogP contribution in [0.25, 0.3) is 11.3 Å². The monoisotopic (exact) mass is 335 g/mol. The maximum absolute atomic E-state index is 11.9. The molecule has 0 spiro atoms. The number of nitrogens with one attached hydrogen (secondary N) is 1. The fourth-order valence-corrected chi connectivity index (χ4v) is 3.10. The van der Waals surface area contributed by atoms with Crippen molar-refractivity contribution >= 4 is 21.6 Å². The van der Waals surface area contributed by atoms with E-state index in [0.717, 1.165) is 6.26 Å². The van der Waals surface area contributed by atoms with E-state index < -0.39 is 15.4 Å². The maximum atomic E-state index is 11.9. The van der Waals surface area contributed by atoms with Crippen LogP contribution in [0.4, 0.5) is 0 Å². The van der Waals surface area contributed by atoms with Gasteiger partial charge in [0.25, 0.3) is 5.56 Å². The molecule has 2 rings (SSSR count). The molecule has 1 aromatic carbocycles. The van der Waals surface area contributed by atoms with Gasteiger partial charge in [0.1, 0.15) is 11.6 Å². The van der Waals surface area contributed by atoms with Crippen LogP contribution in [0.2, 0.25) is 0 Å². The lowest BCUT2D eigenvalue weighted by Crippen LogP contribution is -2.14. The Bertz CT molecular complexity index is 894. The zero-order valence-electron chi connectivity index (χ0n) is 12.0. The number of sulfone groups is 1. The summed E-state index contributed by atoms with van der Waals surface area (Å²) in [6.45, 7) is 0. The summed E-state index contributed by atoms with van der Waals surface area (Å²) in [6.07, 6.45) is 2.93. The average Bonchev–Trinajstić information content (AvgIpc) is 2.45. The van der Waals surface area contributed by atoms with Crippen molar-refractivity contribution in [2.24, 2.45) is 0 Å². The number of nitriles is 1. The van der Waals surface area contributed by atoms with E-state index in [2.05, 4.69) is 9.97 Å². The highest BCUT2D eigenvalue weighted by atomic mass is 32.2. The molecule has 6 nitrogen and oxygen atoms in total. The number of nitrogens with zero attached hydrogens (tertiary/aromatic N) is 2. The summed E-state index contributed by atoms with van der Waals surface area (Å²) in [6, 6.07) is 8.48. The second-order valence-electron chi connectivity index (χ2n) is 4.68. The van der Waals surface area contributed by atoms with Gasteiger partial charge in [-0.05, 0) is 11.8 Å². The fraction of sp³-hybridized carbons (Fsp3) is 0.214. The van der Waals surface area contributed by atoms with E-state index in [-0.39, 0.29) is 11.3 Å². The van der Waals surface area contributed by atoms with Crippen molar-refractivity contribution in [2.45, 2.75) is 10.9 Å². The van der Waals surface area contributed by atoms with Crippen LogP contribution >= 0.6 is 11.8 Å². The number of aromatic nitrogens is 2. The maximum Gasteiger partial charge on any atom is 0.270 e. The van der Waals surface area contributed by atoms with Crippen LogP contribution in [0.5, 0.6) is 0 Å². The van der Waals surface area contributed by atoms with Gasteiger partial charge in [-0.25, -0.2) is 13.4 Å². The van der Waals surface area contributed by atoms with E-state index >= 15 is 0 Å². The van der Waals surface area contributed by atoms with Crippen molar-refractivity contribution in [1.29, 1.82) is 5.26 Å². The summed E-state index contributed by atoms with van der Waals surface area (Å²) >= 11 is 1.27. The molecule has 0 atom stereocenters. The Morgan fingerprint density at radius 1 is 1.32 bits per heavy atom. The highest BCUT2D eigenvalue weighted by Gasteiger charge is 2.13. The minimum atomic E-state index is -3.11. The van der Waals surface area contributed by atoms with Crippen molar-refractivity contribution in [1.82, 2.24) is 9.97 Å². The van der Waals surface area contributed by atoms with E-state index in [0.29, 0.717) is 22.0 Å². The predicted octanol–water partition coefficient (Wildman–Crippen LogP) is 1.58. The molecule has 0 fully saturated rings. The molecule has 2 aromatic rings. The molecular weight excluding hydrogens is 322 g/mol. The largest absolute Gasteiger partial charge is 0.300 e. The highest BCUT2D eigenvalue weighted by molar-refractivity contribution is 7.98. The Hall–Kier alpha value is -2.11. The van der Waals surface area contributed by atoms with Crippen molar-refractivity contribution in [2.75, 3.05) is 12.5 Å². The Balaban J connectivity index is 2.51. The van der Waals surface area contributed by atoms with Crippen LogP contribution in [-0.4, -0.2) is 30.9 Å².